The van der Waals surface area contributed by atoms with E-state index >= 15 is 0 Å². The second kappa shape index (κ2) is 5.94. The summed E-state index contributed by atoms with van der Waals surface area (Å²) in [6.45, 7) is 4.46. The Morgan fingerprint density at radius 2 is 2.06 bits per heavy atom. The first-order chi connectivity index (χ1) is 8.76. The van der Waals surface area contributed by atoms with Crippen molar-refractivity contribution in [2.45, 2.75) is 32.7 Å². The molecule has 2 rings (SSSR count). The lowest BCUT2D eigenvalue weighted by atomic mass is 9.93. The van der Waals surface area contributed by atoms with E-state index in [0.717, 1.165) is 12.8 Å². The van der Waals surface area contributed by atoms with Crippen LogP contribution in [0, 0.1) is 5.92 Å². The van der Waals surface area contributed by atoms with Gasteiger partial charge in [-0.1, -0.05) is 44.5 Å². The van der Waals surface area contributed by atoms with Gasteiger partial charge in [-0.2, -0.15) is 0 Å². The highest BCUT2D eigenvalue weighted by Gasteiger charge is 2.15. The molecule has 0 fully saturated rings. The Morgan fingerprint density at radius 1 is 1.28 bits per heavy atom. The third kappa shape index (κ3) is 2.68. The Bertz CT molecular complexity index is 505. The number of rotatable bonds is 5. The van der Waals surface area contributed by atoms with E-state index in [2.05, 4.69) is 42.5 Å². The fourth-order valence-corrected chi connectivity index (χ4v) is 2.27. The summed E-state index contributed by atoms with van der Waals surface area (Å²) in [7, 11) is 0. The van der Waals surface area contributed by atoms with Gasteiger partial charge in [-0.15, -0.1) is 0 Å². The molecule has 3 heteroatoms. The van der Waals surface area contributed by atoms with Crippen LogP contribution in [0.4, 0.5) is 0 Å². The second-order valence-corrected chi connectivity index (χ2v) is 4.92. The number of pyridine rings is 1. The maximum atomic E-state index is 5.72. The van der Waals surface area contributed by atoms with E-state index in [9.17, 15) is 0 Å². The third-order valence-electron chi connectivity index (χ3n) is 3.61. The smallest absolute Gasteiger partial charge is 0.0483 e. The summed E-state index contributed by atoms with van der Waals surface area (Å²) in [5.74, 6) is 6.36. The summed E-state index contributed by atoms with van der Waals surface area (Å²) in [6, 6.07) is 8.48. The number of nitrogens with zero attached hydrogens (tertiary/aromatic N) is 1. The lowest BCUT2D eigenvalue weighted by Crippen LogP contribution is -2.29. The zero-order valence-electron chi connectivity index (χ0n) is 11.1. The predicted molar refractivity (Wildman–Crippen MR) is 75.9 cm³/mol. The van der Waals surface area contributed by atoms with Crippen LogP contribution in [-0.4, -0.2) is 4.98 Å². The number of hydrogen-bond acceptors (Lipinski definition) is 3. The summed E-state index contributed by atoms with van der Waals surface area (Å²) >= 11 is 0. The molecule has 2 atom stereocenters. The molecule has 0 radical (unpaired) electrons. The number of nitrogens with two attached hydrogens (primary N) is 1. The average molecular weight is 243 g/mol. The molecular weight excluding hydrogens is 222 g/mol. The van der Waals surface area contributed by atoms with Gasteiger partial charge in [-0.3, -0.25) is 16.3 Å². The van der Waals surface area contributed by atoms with Crippen molar-refractivity contribution >= 4 is 10.8 Å². The molecule has 96 valence electrons. The van der Waals surface area contributed by atoms with E-state index in [1.807, 2.05) is 18.5 Å². The first-order valence-corrected chi connectivity index (χ1v) is 6.55. The van der Waals surface area contributed by atoms with E-state index in [0.29, 0.717) is 5.92 Å². The number of fused-ring (bicyclic) bond motifs is 1. The van der Waals surface area contributed by atoms with E-state index in [4.69, 9.17) is 5.84 Å². The van der Waals surface area contributed by atoms with Gasteiger partial charge >= 0.3 is 0 Å². The average Bonchev–Trinajstić information content (AvgIpc) is 2.44. The van der Waals surface area contributed by atoms with Crippen LogP contribution >= 0.6 is 0 Å². The van der Waals surface area contributed by atoms with Crippen molar-refractivity contribution in [3.05, 3.63) is 42.2 Å². The van der Waals surface area contributed by atoms with Crippen molar-refractivity contribution in [1.82, 2.24) is 10.4 Å². The molecule has 0 saturated heterocycles. The Kier molecular flexibility index (Phi) is 4.28. The number of hydrazine groups is 1. The van der Waals surface area contributed by atoms with Crippen molar-refractivity contribution in [2.75, 3.05) is 0 Å². The minimum atomic E-state index is 0.165. The predicted octanol–water partition coefficient (Wildman–Crippen LogP) is 3.18. The Morgan fingerprint density at radius 3 is 2.78 bits per heavy atom. The van der Waals surface area contributed by atoms with Gasteiger partial charge < -0.3 is 0 Å². The third-order valence-corrected chi connectivity index (χ3v) is 3.61. The van der Waals surface area contributed by atoms with Crippen molar-refractivity contribution in [1.29, 1.82) is 0 Å². The molecule has 3 N–H and O–H groups in total. The van der Waals surface area contributed by atoms with Crippen molar-refractivity contribution in [2.24, 2.45) is 11.8 Å². The lowest BCUT2D eigenvalue weighted by Gasteiger charge is -2.21. The highest BCUT2D eigenvalue weighted by Crippen LogP contribution is 2.27. The molecule has 2 aromatic rings. The molecule has 1 heterocycles. The topological polar surface area (TPSA) is 50.9 Å². The van der Waals surface area contributed by atoms with E-state index in [1.165, 1.54) is 16.3 Å². The summed E-state index contributed by atoms with van der Waals surface area (Å²) in [5, 5.41) is 2.40. The van der Waals surface area contributed by atoms with Crippen LogP contribution < -0.4 is 11.3 Å². The highest BCUT2D eigenvalue weighted by molar-refractivity contribution is 5.85. The van der Waals surface area contributed by atoms with Crippen LogP contribution in [0.15, 0.2) is 36.7 Å². The van der Waals surface area contributed by atoms with Crippen molar-refractivity contribution < 1.29 is 0 Å². The summed E-state index contributed by atoms with van der Waals surface area (Å²) in [5.41, 5.74) is 4.13. The molecule has 2 unspecified atom stereocenters. The fraction of sp³-hybridized carbons (Fsp3) is 0.400. The van der Waals surface area contributed by atoms with Crippen molar-refractivity contribution in [3.8, 4) is 0 Å². The summed E-state index contributed by atoms with van der Waals surface area (Å²) in [6.07, 6.45) is 6.02. The number of nitrogens with one attached hydrogen (secondary N) is 1. The van der Waals surface area contributed by atoms with Crippen LogP contribution in [0.5, 0.6) is 0 Å². The maximum absolute atomic E-state index is 5.72. The second-order valence-electron chi connectivity index (χ2n) is 4.92. The first-order valence-electron chi connectivity index (χ1n) is 6.55. The Hall–Kier alpha value is -1.45. The van der Waals surface area contributed by atoms with Crippen LogP contribution in [0.25, 0.3) is 10.8 Å². The minimum absolute atomic E-state index is 0.165. The van der Waals surface area contributed by atoms with Crippen molar-refractivity contribution in [3.63, 3.8) is 0 Å². The van der Waals surface area contributed by atoms with E-state index in [1.54, 1.807) is 0 Å². The minimum Gasteiger partial charge on any atom is -0.271 e. The lowest BCUT2D eigenvalue weighted by molar-refractivity contribution is 0.409. The van der Waals surface area contributed by atoms with Gasteiger partial charge in [0.25, 0.3) is 0 Å². The Balaban J connectivity index is 2.38. The van der Waals surface area contributed by atoms with Gasteiger partial charge in [-0.05, 0) is 23.3 Å². The molecule has 0 spiro atoms. The fourth-order valence-electron chi connectivity index (χ4n) is 2.27. The Labute approximate surface area is 108 Å². The van der Waals surface area contributed by atoms with Gasteiger partial charge in [0, 0.05) is 23.8 Å². The van der Waals surface area contributed by atoms with Gasteiger partial charge in [0.05, 0.1) is 0 Å². The standard InChI is InChI=1S/C15H21N3/c1-3-11(2)8-15(18-16)14-10-17-9-12-6-4-5-7-13(12)14/h4-7,9-11,15,18H,3,8,16H2,1-2H3. The molecule has 18 heavy (non-hydrogen) atoms. The van der Waals surface area contributed by atoms with E-state index < -0.39 is 0 Å². The number of aromatic nitrogens is 1. The van der Waals surface area contributed by atoms with Crippen LogP contribution in [0.1, 0.15) is 38.3 Å². The number of hydrogen-bond donors (Lipinski definition) is 2. The molecule has 0 aliphatic rings. The molecule has 0 saturated carbocycles. The molecule has 3 nitrogen and oxygen atoms in total. The van der Waals surface area contributed by atoms with Crippen LogP contribution in [0.3, 0.4) is 0 Å². The molecule has 0 aliphatic carbocycles. The van der Waals surface area contributed by atoms with Gasteiger partial charge in [0.1, 0.15) is 0 Å². The van der Waals surface area contributed by atoms with Crippen LogP contribution in [-0.2, 0) is 0 Å². The van der Waals surface area contributed by atoms with Crippen LogP contribution in [0.2, 0.25) is 0 Å². The highest BCUT2D eigenvalue weighted by atomic mass is 15.2. The number of benzene rings is 1. The maximum Gasteiger partial charge on any atom is 0.0483 e. The molecule has 1 aromatic heterocycles. The van der Waals surface area contributed by atoms with Gasteiger partial charge in [0.2, 0.25) is 0 Å². The quantitative estimate of drug-likeness (QED) is 0.626. The molecule has 0 aliphatic heterocycles. The van der Waals surface area contributed by atoms with Gasteiger partial charge in [0.15, 0.2) is 0 Å². The van der Waals surface area contributed by atoms with E-state index in [-0.39, 0.29) is 6.04 Å². The largest absolute Gasteiger partial charge is 0.271 e. The summed E-state index contributed by atoms with van der Waals surface area (Å²) in [4.78, 5) is 4.32. The first kappa shape index (κ1) is 13.0. The molecule has 0 bridgehead atoms. The molecular formula is C15H21N3. The zero-order chi connectivity index (χ0) is 13.0. The summed E-state index contributed by atoms with van der Waals surface area (Å²) < 4.78 is 0. The molecule has 1 aromatic carbocycles. The normalized spacial score (nSPS) is 14.6. The zero-order valence-corrected chi connectivity index (χ0v) is 11.1. The van der Waals surface area contributed by atoms with Gasteiger partial charge in [-0.25, -0.2) is 0 Å². The SMILES string of the molecule is CCC(C)CC(NN)c1cncc2ccccc12. The monoisotopic (exact) mass is 243 g/mol. The molecule has 0 amide bonds.